The molecular weight excluding hydrogens is 352 g/mol. The van der Waals surface area contributed by atoms with Gasteiger partial charge in [0.05, 0.1) is 6.61 Å². The van der Waals surface area contributed by atoms with E-state index in [4.69, 9.17) is 4.74 Å². The molecule has 0 fully saturated rings. The second kappa shape index (κ2) is 20.0. The minimum atomic E-state index is -0.0114. The number of carbonyl (C=O) groups is 1. The summed E-state index contributed by atoms with van der Waals surface area (Å²) in [7, 11) is 0. The van der Waals surface area contributed by atoms with E-state index in [0.717, 1.165) is 31.0 Å². The van der Waals surface area contributed by atoms with Gasteiger partial charge >= 0.3 is 5.97 Å². The Bertz CT molecular complexity index is 244. The first-order chi connectivity index (χ1) is 11.3. The fourth-order valence-corrected chi connectivity index (χ4v) is 3.14. The molecule has 0 aromatic carbocycles. The lowest BCUT2D eigenvalue weighted by Gasteiger charge is -2.05. The molecule has 0 unspecified atom stereocenters. The van der Waals surface area contributed by atoms with Crippen molar-refractivity contribution in [2.24, 2.45) is 0 Å². The lowest BCUT2D eigenvalue weighted by molar-refractivity contribution is -0.143. The van der Waals surface area contributed by atoms with Crippen LogP contribution in [0.25, 0.3) is 0 Å². The van der Waals surface area contributed by atoms with Crippen LogP contribution in [0.15, 0.2) is 0 Å². The van der Waals surface area contributed by atoms with Gasteiger partial charge < -0.3 is 4.74 Å². The highest BCUT2D eigenvalue weighted by Gasteiger charge is 2.02. The SMILES string of the molecule is CCCCCCCCCCCCCCOC(=O)CCCCCBr. The average Bonchev–Trinajstić information content (AvgIpc) is 2.56. The molecule has 0 aliphatic carbocycles. The van der Waals surface area contributed by atoms with Crippen LogP contribution < -0.4 is 0 Å². The van der Waals surface area contributed by atoms with Gasteiger partial charge in [-0.2, -0.15) is 0 Å². The van der Waals surface area contributed by atoms with Gasteiger partial charge in [0.1, 0.15) is 0 Å². The molecule has 0 aromatic rings. The van der Waals surface area contributed by atoms with E-state index < -0.39 is 0 Å². The Morgan fingerprint density at radius 2 is 1.17 bits per heavy atom. The van der Waals surface area contributed by atoms with Crippen LogP contribution in [0.3, 0.4) is 0 Å². The molecule has 0 aliphatic rings. The number of rotatable bonds is 18. The Morgan fingerprint density at radius 3 is 1.70 bits per heavy atom. The van der Waals surface area contributed by atoms with Crippen molar-refractivity contribution in [3.63, 3.8) is 0 Å². The number of alkyl halides is 1. The third-order valence-corrected chi connectivity index (χ3v) is 4.84. The molecule has 0 amide bonds. The summed E-state index contributed by atoms with van der Waals surface area (Å²) < 4.78 is 5.26. The zero-order valence-electron chi connectivity index (χ0n) is 15.4. The average molecular weight is 391 g/mol. The molecule has 0 aromatic heterocycles. The summed E-state index contributed by atoms with van der Waals surface area (Å²) in [6.45, 7) is 2.89. The van der Waals surface area contributed by atoms with E-state index in [1.54, 1.807) is 0 Å². The highest BCUT2D eigenvalue weighted by Crippen LogP contribution is 2.12. The molecule has 0 atom stereocenters. The number of hydrogen-bond acceptors (Lipinski definition) is 2. The van der Waals surface area contributed by atoms with Crippen LogP contribution in [-0.4, -0.2) is 17.9 Å². The highest BCUT2D eigenvalue weighted by atomic mass is 79.9. The second-order valence-corrected chi connectivity index (χ2v) is 7.40. The first-order valence-corrected chi connectivity index (χ1v) is 11.1. The van der Waals surface area contributed by atoms with Gasteiger partial charge in [-0.05, 0) is 19.3 Å². The number of esters is 1. The Hall–Kier alpha value is -0.0500. The number of carbonyl (C=O) groups excluding carboxylic acids is 1. The molecule has 0 rings (SSSR count). The van der Waals surface area contributed by atoms with Crippen LogP contribution in [0.1, 0.15) is 110 Å². The van der Waals surface area contributed by atoms with Crippen molar-refractivity contribution in [1.29, 1.82) is 0 Å². The Balaban J connectivity index is 3.08. The number of halogens is 1. The topological polar surface area (TPSA) is 26.3 Å². The maximum Gasteiger partial charge on any atom is 0.305 e. The third-order valence-electron chi connectivity index (χ3n) is 4.28. The van der Waals surface area contributed by atoms with Crippen LogP contribution in [-0.2, 0) is 9.53 Å². The quantitative estimate of drug-likeness (QED) is 0.140. The maximum absolute atomic E-state index is 11.5. The fraction of sp³-hybridized carbons (Fsp3) is 0.950. The van der Waals surface area contributed by atoms with Gasteiger partial charge in [-0.1, -0.05) is 99.9 Å². The molecule has 138 valence electrons. The van der Waals surface area contributed by atoms with Crippen molar-refractivity contribution in [3.05, 3.63) is 0 Å². The summed E-state index contributed by atoms with van der Waals surface area (Å²) >= 11 is 3.40. The number of ether oxygens (including phenoxy) is 1. The summed E-state index contributed by atoms with van der Waals surface area (Å²) in [5.74, 6) is -0.0114. The van der Waals surface area contributed by atoms with Crippen LogP contribution in [0.4, 0.5) is 0 Å². The second-order valence-electron chi connectivity index (χ2n) is 6.61. The molecular formula is C20H39BrO2. The predicted octanol–water partition coefficient (Wildman–Crippen LogP) is 7.19. The smallest absolute Gasteiger partial charge is 0.305 e. The third kappa shape index (κ3) is 19.9. The van der Waals surface area contributed by atoms with Crippen molar-refractivity contribution in [2.75, 3.05) is 11.9 Å². The van der Waals surface area contributed by atoms with E-state index in [0.29, 0.717) is 13.0 Å². The van der Waals surface area contributed by atoms with E-state index >= 15 is 0 Å². The van der Waals surface area contributed by atoms with Gasteiger partial charge in [0.25, 0.3) is 0 Å². The molecule has 2 nitrogen and oxygen atoms in total. The molecule has 0 saturated heterocycles. The zero-order valence-corrected chi connectivity index (χ0v) is 17.0. The Kier molecular flexibility index (Phi) is 20.0. The lowest BCUT2D eigenvalue weighted by Crippen LogP contribution is -2.05. The Labute approximate surface area is 153 Å². The zero-order chi connectivity index (χ0) is 17.0. The van der Waals surface area contributed by atoms with Crippen LogP contribution in [0, 0.1) is 0 Å². The summed E-state index contributed by atoms with van der Waals surface area (Å²) in [6, 6.07) is 0. The van der Waals surface area contributed by atoms with Gasteiger partial charge in [-0.15, -0.1) is 0 Å². The van der Waals surface area contributed by atoms with Gasteiger partial charge in [0.15, 0.2) is 0 Å². The predicted molar refractivity (Wildman–Crippen MR) is 104 cm³/mol. The molecule has 0 N–H and O–H groups in total. The van der Waals surface area contributed by atoms with Crippen LogP contribution >= 0.6 is 15.9 Å². The van der Waals surface area contributed by atoms with Gasteiger partial charge in [0, 0.05) is 11.8 Å². The van der Waals surface area contributed by atoms with Crippen molar-refractivity contribution >= 4 is 21.9 Å². The van der Waals surface area contributed by atoms with Crippen LogP contribution in [0.2, 0.25) is 0 Å². The largest absolute Gasteiger partial charge is 0.466 e. The minimum absolute atomic E-state index is 0.0114. The Morgan fingerprint density at radius 1 is 0.696 bits per heavy atom. The van der Waals surface area contributed by atoms with E-state index in [9.17, 15) is 4.79 Å². The van der Waals surface area contributed by atoms with Crippen molar-refractivity contribution in [3.8, 4) is 0 Å². The normalized spacial score (nSPS) is 10.9. The van der Waals surface area contributed by atoms with Gasteiger partial charge in [-0.3, -0.25) is 4.79 Å². The molecule has 0 spiro atoms. The van der Waals surface area contributed by atoms with Crippen LogP contribution in [0.5, 0.6) is 0 Å². The maximum atomic E-state index is 11.5. The van der Waals surface area contributed by atoms with E-state index in [1.165, 1.54) is 70.6 Å². The molecule has 0 aliphatic heterocycles. The number of hydrogen-bond donors (Lipinski definition) is 0. The minimum Gasteiger partial charge on any atom is -0.466 e. The lowest BCUT2D eigenvalue weighted by atomic mass is 10.1. The summed E-state index contributed by atoms with van der Waals surface area (Å²) in [5, 5.41) is 1.03. The van der Waals surface area contributed by atoms with Gasteiger partial charge in [-0.25, -0.2) is 0 Å². The molecule has 0 saturated carbocycles. The fourth-order valence-electron chi connectivity index (χ4n) is 2.74. The standard InChI is InChI=1S/C20H39BrO2/c1-2-3-4-5-6-7-8-9-10-11-12-16-19-23-20(22)17-14-13-15-18-21/h2-19H2,1H3. The first-order valence-electron chi connectivity index (χ1n) is 10.0. The molecule has 0 heterocycles. The van der Waals surface area contributed by atoms with Crippen molar-refractivity contribution < 1.29 is 9.53 Å². The van der Waals surface area contributed by atoms with E-state index in [2.05, 4.69) is 22.9 Å². The summed E-state index contributed by atoms with van der Waals surface area (Å²) in [5.41, 5.74) is 0. The van der Waals surface area contributed by atoms with Crippen molar-refractivity contribution in [2.45, 2.75) is 110 Å². The molecule has 3 heteroatoms. The first kappa shape index (κ1) is 22.9. The highest BCUT2D eigenvalue weighted by molar-refractivity contribution is 9.09. The van der Waals surface area contributed by atoms with E-state index in [1.807, 2.05) is 0 Å². The molecule has 0 bridgehead atoms. The van der Waals surface area contributed by atoms with Gasteiger partial charge in [0.2, 0.25) is 0 Å². The van der Waals surface area contributed by atoms with E-state index in [-0.39, 0.29) is 5.97 Å². The number of unbranched alkanes of at least 4 members (excludes halogenated alkanes) is 13. The summed E-state index contributed by atoms with van der Waals surface area (Å²) in [4.78, 5) is 11.5. The molecule has 0 radical (unpaired) electrons. The van der Waals surface area contributed by atoms with Crippen molar-refractivity contribution in [1.82, 2.24) is 0 Å². The molecule has 23 heavy (non-hydrogen) atoms. The summed E-state index contributed by atoms with van der Waals surface area (Å²) in [6.07, 6.45) is 19.9. The monoisotopic (exact) mass is 390 g/mol.